The maximum atomic E-state index is 12.5. The molecule has 0 radical (unpaired) electrons. The van der Waals surface area contributed by atoms with Gasteiger partial charge in [-0.2, -0.15) is 0 Å². The van der Waals surface area contributed by atoms with E-state index in [0.29, 0.717) is 22.9 Å². The number of carbonyl (C=O) groups is 2. The molecule has 0 saturated heterocycles. The normalized spacial score (nSPS) is 13.2. The van der Waals surface area contributed by atoms with Gasteiger partial charge in [-0.05, 0) is 61.9 Å². The molecule has 1 amide bonds. The molecule has 0 bridgehead atoms. The molecule has 3 rings (SSSR count). The van der Waals surface area contributed by atoms with Crippen LogP contribution in [0.5, 0.6) is 5.75 Å². The van der Waals surface area contributed by atoms with Crippen LogP contribution in [-0.2, 0) is 27.1 Å². The van der Waals surface area contributed by atoms with E-state index in [1.807, 2.05) is 24.3 Å². The smallest absolute Gasteiger partial charge is 0.341 e. The third-order valence-electron chi connectivity index (χ3n) is 4.54. The van der Waals surface area contributed by atoms with Crippen molar-refractivity contribution in [2.24, 2.45) is 0 Å². The SMILES string of the molecule is CCOC(=O)c1c(NC(=O)/C=C/c2ccc(OCOC)cc2)sc2c1CCCC2. The highest BCUT2D eigenvalue weighted by atomic mass is 32.1. The van der Waals surface area contributed by atoms with Crippen LogP contribution in [0.1, 0.15) is 46.1 Å². The first-order valence-electron chi connectivity index (χ1n) is 9.65. The van der Waals surface area contributed by atoms with Crippen molar-refractivity contribution in [2.75, 3.05) is 25.8 Å². The quantitative estimate of drug-likeness (QED) is 0.392. The highest BCUT2D eigenvalue weighted by Gasteiger charge is 2.26. The molecule has 0 unspecified atom stereocenters. The Bertz CT molecular complexity index is 885. The molecule has 1 aliphatic carbocycles. The van der Waals surface area contributed by atoms with Crippen molar-refractivity contribution >= 4 is 34.3 Å². The summed E-state index contributed by atoms with van der Waals surface area (Å²) in [5.41, 5.74) is 2.42. The summed E-state index contributed by atoms with van der Waals surface area (Å²) in [7, 11) is 1.56. The highest BCUT2D eigenvalue weighted by molar-refractivity contribution is 7.17. The number of benzene rings is 1. The van der Waals surface area contributed by atoms with E-state index in [4.69, 9.17) is 14.2 Å². The monoisotopic (exact) mass is 415 g/mol. The Kier molecular flexibility index (Phi) is 7.43. The van der Waals surface area contributed by atoms with Crippen LogP contribution in [0.2, 0.25) is 0 Å². The lowest BCUT2D eigenvalue weighted by molar-refractivity contribution is -0.111. The van der Waals surface area contributed by atoms with Crippen LogP contribution < -0.4 is 10.1 Å². The molecule has 0 spiro atoms. The molecule has 6 nitrogen and oxygen atoms in total. The summed E-state index contributed by atoms with van der Waals surface area (Å²) < 4.78 is 15.4. The van der Waals surface area contributed by atoms with Crippen molar-refractivity contribution in [2.45, 2.75) is 32.6 Å². The average molecular weight is 416 g/mol. The lowest BCUT2D eigenvalue weighted by Crippen LogP contribution is -2.14. The number of methoxy groups -OCH3 is 1. The summed E-state index contributed by atoms with van der Waals surface area (Å²) in [5, 5.41) is 3.44. The van der Waals surface area contributed by atoms with Gasteiger partial charge in [-0.15, -0.1) is 11.3 Å². The standard InChI is InChI=1S/C22H25NO5S/c1-3-27-22(25)20-17-6-4-5-7-18(17)29-21(20)23-19(24)13-10-15-8-11-16(12-9-15)28-14-26-2/h8-13H,3-7,14H2,1-2H3,(H,23,24)/b13-10+. The first-order valence-corrected chi connectivity index (χ1v) is 10.5. The summed E-state index contributed by atoms with van der Waals surface area (Å²) >= 11 is 1.48. The number of esters is 1. The van der Waals surface area contributed by atoms with Crippen molar-refractivity contribution in [3.63, 3.8) is 0 Å². The first-order chi connectivity index (χ1) is 14.1. The van der Waals surface area contributed by atoms with Gasteiger partial charge in [0.05, 0.1) is 12.2 Å². The van der Waals surface area contributed by atoms with Gasteiger partial charge in [0.15, 0.2) is 6.79 Å². The number of anilines is 1. The molecule has 154 valence electrons. The van der Waals surface area contributed by atoms with E-state index in [-0.39, 0.29) is 18.7 Å². The van der Waals surface area contributed by atoms with E-state index in [1.54, 1.807) is 20.1 Å². The summed E-state index contributed by atoms with van der Waals surface area (Å²) in [6.45, 7) is 2.27. The molecule has 0 atom stereocenters. The van der Waals surface area contributed by atoms with E-state index >= 15 is 0 Å². The van der Waals surface area contributed by atoms with Crippen LogP contribution in [0, 0.1) is 0 Å². The fourth-order valence-corrected chi connectivity index (χ4v) is 4.48. The molecule has 1 aromatic carbocycles. The Morgan fingerprint density at radius 1 is 1.17 bits per heavy atom. The van der Waals surface area contributed by atoms with E-state index in [9.17, 15) is 9.59 Å². The van der Waals surface area contributed by atoms with Crippen LogP contribution in [0.4, 0.5) is 5.00 Å². The molecular formula is C22H25NO5S. The van der Waals surface area contributed by atoms with E-state index in [1.165, 1.54) is 22.3 Å². The highest BCUT2D eigenvalue weighted by Crippen LogP contribution is 2.38. The first kappa shape index (κ1) is 21.1. The number of hydrogen-bond acceptors (Lipinski definition) is 6. The fraction of sp³-hybridized carbons (Fsp3) is 0.364. The van der Waals surface area contributed by atoms with Crippen molar-refractivity contribution in [3.8, 4) is 5.75 Å². The number of ether oxygens (including phenoxy) is 3. The summed E-state index contributed by atoms with van der Waals surface area (Å²) in [6.07, 6.45) is 7.12. The Balaban J connectivity index is 1.70. The second-order valence-electron chi connectivity index (χ2n) is 6.58. The van der Waals surface area contributed by atoms with Gasteiger partial charge in [-0.25, -0.2) is 4.79 Å². The topological polar surface area (TPSA) is 73.9 Å². The van der Waals surface area contributed by atoms with Gasteiger partial charge in [0.1, 0.15) is 10.8 Å². The van der Waals surface area contributed by atoms with Crippen molar-refractivity contribution in [1.29, 1.82) is 0 Å². The number of aryl methyl sites for hydroxylation is 1. The van der Waals surface area contributed by atoms with Gasteiger partial charge < -0.3 is 19.5 Å². The van der Waals surface area contributed by atoms with E-state index in [0.717, 1.165) is 36.8 Å². The molecule has 1 heterocycles. The summed E-state index contributed by atoms with van der Waals surface area (Å²) in [5.74, 6) is 0.0448. The zero-order valence-electron chi connectivity index (χ0n) is 16.7. The number of thiophene rings is 1. The number of fused-ring (bicyclic) bond motifs is 1. The van der Waals surface area contributed by atoms with Crippen LogP contribution in [0.3, 0.4) is 0 Å². The molecule has 1 N–H and O–H groups in total. The number of amides is 1. The molecule has 1 aromatic heterocycles. The maximum absolute atomic E-state index is 12.5. The van der Waals surface area contributed by atoms with Crippen molar-refractivity contribution in [3.05, 3.63) is 51.9 Å². The van der Waals surface area contributed by atoms with Crippen LogP contribution in [0.25, 0.3) is 6.08 Å². The molecule has 0 fully saturated rings. The molecular weight excluding hydrogens is 390 g/mol. The molecule has 0 aliphatic heterocycles. The Morgan fingerprint density at radius 3 is 2.66 bits per heavy atom. The minimum Gasteiger partial charge on any atom is -0.468 e. The van der Waals surface area contributed by atoms with Crippen molar-refractivity contribution in [1.82, 2.24) is 0 Å². The Morgan fingerprint density at radius 2 is 1.93 bits per heavy atom. The zero-order valence-corrected chi connectivity index (χ0v) is 17.5. The fourth-order valence-electron chi connectivity index (χ4n) is 3.20. The number of carbonyl (C=O) groups excluding carboxylic acids is 2. The Hall–Kier alpha value is -2.64. The molecule has 0 saturated carbocycles. The second-order valence-corrected chi connectivity index (χ2v) is 7.68. The van der Waals surface area contributed by atoms with Gasteiger partial charge in [-0.3, -0.25) is 4.79 Å². The van der Waals surface area contributed by atoms with Crippen LogP contribution >= 0.6 is 11.3 Å². The van der Waals surface area contributed by atoms with Crippen molar-refractivity contribution < 1.29 is 23.8 Å². The third kappa shape index (κ3) is 5.46. The Labute approximate surface area is 174 Å². The van der Waals surface area contributed by atoms with Gasteiger partial charge in [0.2, 0.25) is 5.91 Å². The zero-order chi connectivity index (χ0) is 20.6. The second kappa shape index (κ2) is 10.2. The van der Waals surface area contributed by atoms with Gasteiger partial charge in [0, 0.05) is 18.1 Å². The molecule has 7 heteroatoms. The van der Waals surface area contributed by atoms with Gasteiger partial charge in [0.25, 0.3) is 0 Å². The maximum Gasteiger partial charge on any atom is 0.341 e. The molecule has 2 aromatic rings. The summed E-state index contributed by atoms with van der Waals surface area (Å²) in [4.78, 5) is 26.1. The molecule has 1 aliphatic rings. The predicted molar refractivity (Wildman–Crippen MR) is 114 cm³/mol. The van der Waals surface area contributed by atoms with E-state index < -0.39 is 0 Å². The minimum absolute atomic E-state index is 0.186. The van der Waals surface area contributed by atoms with Gasteiger partial charge >= 0.3 is 5.97 Å². The lowest BCUT2D eigenvalue weighted by Gasteiger charge is -2.12. The van der Waals surface area contributed by atoms with E-state index in [2.05, 4.69) is 5.32 Å². The number of nitrogens with one attached hydrogen (secondary N) is 1. The summed E-state index contributed by atoms with van der Waals surface area (Å²) in [6, 6.07) is 7.32. The largest absolute Gasteiger partial charge is 0.468 e. The number of hydrogen-bond donors (Lipinski definition) is 1. The predicted octanol–water partition coefficient (Wildman–Crippen LogP) is 4.44. The average Bonchev–Trinajstić information content (AvgIpc) is 3.09. The number of rotatable bonds is 8. The third-order valence-corrected chi connectivity index (χ3v) is 5.75. The lowest BCUT2D eigenvalue weighted by atomic mass is 9.95. The minimum atomic E-state index is -0.363. The van der Waals surface area contributed by atoms with Crippen LogP contribution in [-0.4, -0.2) is 32.4 Å². The van der Waals surface area contributed by atoms with Crippen LogP contribution in [0.15, 0.2) is 30.3 Å². The van der Waals surface area contributed by atoms with Gasteiger partial charge in [-0.1, -0.05) is 12.1 Å². The molecule has 29 heavy (non-hydrogen) atoms.